The Labute approximate surface area is 205 Å². The Balaban J connectivity index is 2.02. The molecule has 0 aliphatic carbocycles. The summed E-state index contributed by atoms with van der Waals surface area (Å²) in [6, 6.07) is 18.4. The largest absolute Gasteiger partial charge is 0.488 e. The van der Waals surface area contributed by atoms with Gasteiger partial charge in [0.1, 0.15) is 29.4 Å². The van der Waals surface area contributed by atoms with Crippen molar-refractivity contribution in [3.63, 3.8) is 0 Å². The highest BCUT2D eigenvalue weighted by Crippen LogP contribution is 2.41. The molecule has 5 nitrogen and oxygen atoms in total. The van der Waals surface area contributed by atoms with Crippen molar-refractivity contribution in [1.29, 1.82) is 0 Å². The van der Waals surface area contributed by atoms with Crippen LogP contribution in [0.5, 0.6) is 5.75 Å². The lowest BCUT2D eigenvalue weighted by Crippen LogP contribution is -2.21. The van der Waals surface area contributed by atoms with Crippen molar-refractivity contribution >= 4 is 43.8 Å². The molecule has 0 amide bonds. The lowest BCUT2D eigenvalue weighted by Gasteiger charge is -2.21. The van der Waals surface area contributed by atoms with Gasteiger partial charge >= 0.3 is 11.9 Å². The van der Waals surface area contributed by atoms with Crippen LogP contribution in [-0.2, 0) is 22.7 Å². The molecule has 0 radical (unpaired) electrons. The molecule has 0 spiro atoms. The van der Waals surface area contributed by atoms with E-state index >= 15 is 0 Å². The number of carboxylic acid groups (broad SMARTS) is 1. The number of carbonyl (C=O) groups excluding carboxylic acids is 1. The smallest absolute Gasteiger partial charge is 0.345 e. The molecule has 172 valence electrons. The van der Waals surface area contributed by atoms with E-state index in [0.717, 1.165) is 6.07 Å². The second kappa shape index (κ2) is 11.4. The van der Waals surface area contributed by atoms with Gasteiger partial charge in [0, 0.05) is 5.56 Å². The third kappa shape index (κ3) is 6.17. The Hall–Kier alpha value is -2.78. The Morgan fingerprint density at radius 3 is 2.00 bits per heavy atom. The Kier molecular flexibility index (Phi) is 8.57. The highest BCUT2D eigenvalue weighted by Gasteiger charge is 2.33. The quantitative estimate of drug-likeness (QED) is 0.240. The van der Waals surface area contributed by atoms with Crippen LogP contribution in [0.3, 0.4) is 0 Å². The van der Waals surface area contributed by atoms with Crippen molar-refractivity contribution < 1.29 is 33.0 Å². The fourth-order valence-electron chi connectivity index (χ4n) is 2.98. The van der Waals surface area contributed by atoms with E-state index in [-0.39, 0.29) is 24.5 Å². The van der Waals surface area contributed by atoms with E-state index in [2.05, 4.69) is 31.9 Å². The SMILES string of the molecule is O=C(OCc1ccccc1)c1c(F)c(F)cc(C(Br)C(Br)C(=O)O)c1OCc1ccccc1. The van der Waals surface area contributed by atoms with Crippen molar-refractivity contribution in [2.45, 2.75) is 22.9 Å². The summed E-state index contributed by atoms with van der Waals surface area (Å²) < 4.78 is 40.4. The molecule has 33 heavy (non-hydrogen) atoms. The van der Waals surface area contributed by atoms with Crippen molar-refractivity contribution in [3.05, 3.63) is 101 Å². The van der Waals surface area contributed by atoms with E-state index in [1.807, 2.05) is 0 Å². The monoisotopic (exact) mass is 582 g/mol. The molecule has 0 bridgehead atoms. The molecule has 0 heterocycles. The fourth-order valence-corrected chi connectivity index (χ4v) is 3.83. The third-order valence-electron chi connectivity index (χ3n) is 4.63. The first-order chi connectivity index (χ1) is 15.8. The topological polar surface area (TPSA) is 72.8 Å². The first-order valence-electron chi connectivity index (χ1n) is 9.70. The van der Waals surface area contributed by atoms with Crippen LogP contribution in [0, 0.1) is 11.6 Å². The van der Waals surface area contributed by atoms with Crippen LogP contribution in [0.15, 0.2) is 66.7 Å². The number of carboxylic acids is 1. The van der Waals surface area contributed by atoms with Crippen LogP contribution >= 0.6 is 31.9 Å². The second-order valence-electron chi connectivity index (χ2n) is 6.94. The maximum atomic E-state index is 14.9. The third-order valence-corrected chi connectivity index (χ3v) is 7.29. The molecule has 0 saturated heterocycles. The minimum absolute atomic E-state index is 0.0548. The molecule has 2 unspecified atom stereocenters. The van der Waals surface area contributed by atoms with Gasteiger partial charge < -0.3 is 14.6 Å². The molecule has 0 aliphatic heterocycles. The lowest BCUT2D eigenvalue weighted by atomic mass is 10.0. The van der Waals surface area contributed by atoms with E-state index in [0.29, 0.717) is 11.1 Å². The van der Waals surface area contributed by atoms with Crippen molar-refractivity contribution in [3.8, 4) is 5.75 Å². The maximum Gasteiger partial charge on any atom is 0.345 e. The van der Waals surface area contributed by atoms with Gasteiger partial charge in [-0.1, -0.05) is 92.5 Å². The number of rotatable bonds is 9. The van der Waals surface area contributed by atoms with Gasteiger partial charge in [-0.05, 0) is 17.2 Å². The summed E-state index contributed by atoms with van der Waals surface area (Å²) in [5.74, 6) is -5.46. The number of hydrogen-bond acceptors (Lipinski definition) is 4. The molecule has 0 fully saturated rings. The molecule has 3 aromatic rings. The molecule has 0 aliphatic rings. The van der Waals surface area contributed by atoms with Gasteiger partial charge in [0.2, 0.25) is 0 Å². The summed E-state index contributed by atoms with van der Waals surface area (Å²) in [5.41, 5.74) is 0.558. The minimum atomic E-state index is -1.44. The molecule has 1 N–H and O–H groups in total. The molecule has 3 rings (SSSR count). The molecule has 0 saturated carbocycles. The van der Waals surface area contributed by atoms with Crippen LogP contribution in [0.4, 0.5) is 8.78 Å². The summed E-state index contributed by atoms with van der Waals surface area (Å²) in [7, 11) is 0. The summed E-state index contributed by atoms with van der Waals surface area (Å²) in [6.07, 6.45) is 0. The van der Waals surface area contributed by atoms with Gasteiger partial charge in [-0.3, -0.25) is 4.79 Å². The van der Waals surface area contributed by atoms with E-state index in [9.17, 15) is 23.5 Å². The number of carbonyl (C=O) groups is 2. The standard InChI is InChI=1S/C24H18Br2F2O5/c25-19(20(26)23(29)30)16-11-17(27)21(28)18(22(16)32-12-14-7-3-1-4-8-14)24(31)33-13-15-9-5-2-6-10-15/h1-11,19-20H,12-13H2,(H,29,30). The lowest BCUT2D eigenvalue weighted by molar-refractivity contribution is -0.136. The number of halogens is 4. The predicted molar refractivity (Wildman–Crippen MR) is 125 cm³/mol. The van der Waals surface area contributed by atoms with E-state index < -0.39 is 38.8 Å². The minimum Gasteiger partial charge on any atom is -0.488 e. The Morgan fingerprint density at radius 2 is 1.45 bits per heavy atom. The second-order valence-corrected chi connectivity index (χ2v) is 8.92. The van der Waals surface area contributed by atoms with Crippen molar-refractivity contribution in [2.24, 2.45) is 0 Å². The maximum absolute atomic E-state index is 14.9. The molecular formula is C24H18Br2F2O5. The zero-order chi connectivity index (χ0) is 24.0. The van der Waals surface area contributed by atoms with E-state index in [1.165, 1.54) is 0 Å². The molecule has 0 aromatic heterocycles. The van der Waals surface area contributed by atoms with Gasteiger partial charge in [-0.15, -0.1) is 0 Å². The molecule has 9 heteroatoms. The summed E-state index contributed by atoms with van der Waals surface area (Å²) in [5, 5.41) is 9.35. The Morgan fingerprint density at radius 1 is 0.909 bits per heavy atom. The van der Waals surface area contributed by atoms with Crippen LogP contribution < -0.4 is 4.74 Å². The molecular weight excluding hydrogens is 566 g/mol. The average molecular weight is 584 g/mol. The highest BCUT2D eigenvalue weighted by atomic mass is 79.9. The number of aliphatic carboxylic acids is 1. The van der Waals surface area contributed by atoms with Crippen LogP contribution in [-0.4, -0.2) is 21.9 Å². The first kappa shape index (κ1) is 24.9. The first-order valence-corrected chi connectivity index (χ1v) is 11.5. The molecule has 3 aromatic carbocycles. The van der Waals surface area contributed by atoms with E-state index in [1.54, 1.807) is 60.7 Å². The van der Waals surface area contributed by atoms with Crippen LogP contribution in [0.2, 0.25) is 0 Å². The van der Waals surface area contributed by atoms with Crippen LogP contribution in [0.25, 0.3) is 0 Å². The number of ether oxygens (including phenoxy) is 2. The summed E-state index contributed by atoms with van der Waals surface area (Å²) >= 11 is 6.20. The highest BCUT2D eigenvalue weighted by molar-refractivity contribution is 9.12. The number of benzene rings is 3. The zero-order valence-electron chi connectivity index (χ0n) is 17.0. The van der Waals surface area contributed by atoms with Gasteiger partial charge in [-0.25, -0.2) is 13.6 Å². The summed E-state index contributed by atoms with van der Waals surface area (Å²) in [4.78, 5) is 22.0. The number of esters is 1. The van der Waals surface area contributed by atoms with Crippen molar-refractivity contribution in [1.82, 2.24) is 0 Å². The Bertz CT molecular complexity index is 1130. The van der Waals surface area contributed by atoms with Gasteiger partial charge in [-0.2, -0.15) is 0 Å². The molecule has 2 atom stereocenters. The number of hydrogen-bond donors (Lipinski definition) is 1. The summed E-state index contributed by atoms with van der Waals surface area (Å²) in [6.45, 7) is -0.241. The fraction of sp³-hybridized carbons (Fsp3) is 0.167. The van der Waals surface area contributed by atoms with Gasteiger partial charge in [0.25, 0.3) is 0 Å². The average Bonchev–Trinajstić information content (AvgIpc) is 2.83. The van der Waals surface area contributed by atoms with Crippen molar-refractivity contribution in [2.75, 3.05) is 0 Å². The van der Waals surface area contributed by atoms with Gasteiger partial charge in [0.15, 0.2) is 11.6 Å². The normalized spacial score (nSPS) is 12.6. The number of alkyl halides is 2. The zero-order valence-corrected chi connectivity index (χ0v) is 20.2. The van der Waals surface area contributed by atoms with E-state index in [4.69, 9.17) is 9.47 Å². The van der Waals surface area contributed by atoms with Gasteiger partial charge in [0.05, 0.1) is 4.83 Å². The predicted octanol–water partition coefficient (Wildman–Crippen LogP) is 6.18. The van der Waals surface area contributed by atoms with Crippen LogP contribution in [0.1, 0.15) is 31.9 Å².